The monoisotopic (exact) mass is 381 g/mol. The Morgan fingerprint density at radius 1 is 1.11 bits per heavy atom. The lowest BCUT2D eigenvalue weighted by Crippen LogP contribution is -2.42. The van der Waals surface area contributed by atoms with E-state index in [1.165, 1.54) is 5.56 Å². The lowest BCUT2D eigenvalue weighted by atomic mass is 9.77. The van der Waals surface area contributed by atoms with Crippen molar-refractivity contribution in [3.05, 3.63) is 71.3 Å². The summed E-state index contributed by atoms with van der Waals surface area (Å²) in [4.78, 5) is 2.15. The Hall–Kier alpha value is -2.10. The summed E-state index contributed by atoms with van der Waals surface area (Å²) in [7, 11) is 5.79. The fourth-order valence-electron chi connectivity index (χ4n) is 3.81. The second-order valence-electron chi connectivity index (χ2n) is 8.03. The van der Waals surface area contributed by atoms with Gasteiger partial charge in [-0.15, -0.1) is 0 Å². The summed E-state index contributed by atoms with van der Waals surface area (Å²) < 4.78 is 5.24. The first kappa shape index (κ1) is 22.2. The number of methoxy groups -OCH3 is 1. The predicted molar refractivity (Wildman–Crippen MR) is 119 cm³/mol. The Bertz CT molecular complexity index is 737. The van der Waals surface area contributed by atoms with Gasteiger partial charge in [-0.2, -0.15) is 0 Å². The quantitative estimate of drug-likeness (QED) is 0.625. The maximum absolute atomic E-state index is 11.7. The highest BCUT2D eigenvalue weighted by Crippen LogP contribution is 2.33. The van der Waals surface area contributed by atoms with Gasteiger partial charge in [0.1, 0.15) is 5.75 Å². The number of benzene rings is 2. The van der Waals surface area contributed by atoms with Gasteiger partial charge in [-0.3, -0.25) is 0 Å². The van der Waals surface area contributed by atoms with Gasteiger partial charge < -0.3 is 14.7 Å². The Balaban J connectivity index is 2.18. The van der Waals surface area contributed by atoms with Crippen molar-refractivity contribution in [3.63, 3.8) is 0 Å². The van der Waals surface area contributed by atoms with Crippen LogP contribution in [0, 0.1) is 5.92 Å². The molecule has 0 heterocycles. The van der Waals surface area contributed by atoms with Crippen LogP contribution in [0.25, 0.3) is 6.08 Å². The average Bonchev–Trinajstić information content (AvgIpc) is 2.68. The minimum atomic E-state index is -0.834. The van der Waals surface area contributed by atoms with Crippen molar-refractivity contribution in [2.75, 3.05) is 27.7 Å². The molecule has 2 atom stereocenters. The largest absolute Gasteiger partial charge is 0.497 e. The van der Waals surface area contributed by atoms with Gasteiger partial charge in [0, 0.05) is 12.5 Å². The van der Waals surface area contributed by atoms with Crippen LogP contribution in [0.4, 0.5) is 0 Å². The van der Waals surface area contributed by atoms with Gasteiger partial charge in [-0.1, -0.05) is 55.5 Å². The topological polar surface area (TPSA) is 32.7 Å². The lowest BCUT2D eigenvalue weighted by molar-refractivity contribution is 0.00550. The summed E-state index contributed by atoms with van der Waals surface area (Å²) in [6.45, 7) is 5.04. The van der Waals surface area contributed by atoms with E-state index in [1.807, 2.05) is 30.3 Å². The van der Waals surface area contributed by atoms with Gasteiger partial charge in [0.15, 0.2) is 0 Å². The van der Waals surface area contributed by atoms with Gasteiger partial charge in [0.2, 0.25) is 0 Å². The number of rotatable bonds is 10. The van der Waals surface area contributed by atoms with E-state index in [-0.39, 0.29) is 5.92 Å². The number of hydrogen-bond acceptors (Lipinski definition) is 3. The molecule has 0 radical (unpaired) electrons. The minimum Gasteiger partial charge on any atom is -0.497 e. The Kier molecular flexibility index (Phi) is 8.28. The molecule has 0 aliphatic heterocycles. The molecule has 2 aromatic carbocycles. The van der Waals surface area contributed by atoms with E-state index in [4.69, 9.17) is 4.74 Å². The minimum absolute atomic E-state index is 0.132. The molecule has 0 fully saturated rings. The third kappa shape index (κ3) is 6.22. The molecule has 0 amide bonds. The molecule has 3 nitrogen and oxygen atoms in total. The van der Waals surface area contributed by atoms with Crippen LogP contribution in [0.3, 0.4) is 0 Å². The molecule has 2 unspecified atom stereocenters. The molecule has 2 rings (SSSR count). The Morgan fingerprint density at radius 3 is 2.32 bits per heavy atom. The standard InChI is InChI=1S/C25H35NO2/c1-20(18-23-13-15-24(28-5)16-14-23)25(27,21(2)19-26(3)4)17-9-12-22-10-7-6-8-11-22/h6-8,10-11,13-16,18,21,27H,9,12,17,19H2,1-5H3/b20-18-. The van der Waals surface area contributed by atoms with Crippen molar-refractivity contribution in [2.45, 2.75) is 38.7 Å². The third-order valence-corrected chi connectivity index (χ3v) is 5.50. The first-order chi connectivity index (χ1) is 13.3. The number of nitrogens with zero attached hydrogens (tertiary/aromatic N) is 1. The fourth-order valence-corrected chi connectivity index (χ4v) is 3.81. The van der Waals surface area contributed by atoms with Crippen molar-refractivity contribution < 1.29 is 9.84 Å². The van der Waals surface area contributed by atoms with Crippen LogP contribution in [-0.4, -0.2) is 43.4 Å². The highest BCUT2D eigenvalue weighted by Gasteiger charge is 2.35. The molecule has 28 heavy (non-hydrogen) atoms. The van der Waals surface area contributed by atoms with Crippen LogP contribution in [0.15, 0.2) is 60.2 Å². The molecular formula is C25H35NO2. The maximum Gasteiger partial charge on any atom is 0.118 e. The summed E-state index contributed by atoms with van der Waals surface area (Å²) in [5.74, 6) is 0.974. The molecular weight excluding hydrogens is 346 g/mol. The van der Waals surface area contributed by atoms with E-state index in [0.29, 0.717) is 0 Å². The molecule has 0 saturated carbocycles. The smallest absolute Gasteiger partial charge is 0.118 e. The summed E-state index contributed by atoms with van der Waals surface area (Å²) in [5.41, 5.74) is 2.58. The summed E-state index contributed by atoms with van der Waals surface area (Å²) in [6.07, 6.45) is 4.78. The zero-order chi connectivity index (χ0) is 20.6. The van der Waals surface area contributed by atoms with Gasteiger partial charge in [-0.05, 0) is 69.1 Å². The van der Waals surface area contributed by atoms with Crippen LogP contribution in [0.5, 0.6) is 5.75 Å². The second-order valence-corrected chi connectivity index (χ2v) is 8.03. The molecule has 0 bridgehead atoms. The Morgan fingerprint density at radius 2 is 1.75 bits per heavy atom. The molecule has 0 saturated heterocycles. The van der Waals surface area contributed by atoms with Crippen LogP contribution in [0.1, 0.15) is 37.8 Å². The maximum atomic E-state index is 11.7. The summed E-state index contributed by atoms with van der Waals surface area (Å²) in [6, 6.07) is 18.5. The van der Waals surface area contributed by atoms with Crippen molar-refractivity contribution in [2.24, 2.45) is 5.92 Å². The first-order valence-electron chi connectivity index (χ1n) is 10.1. The molecule has 3 heteroatoms. The van der Waals surface area contributed by atoms with E-state index < -0.39 is 5.60 Å². The first-order valence-corrected chi connectivity index (χ1v) is 10.1. The molecule has 2 aromatic rings. The van der Waals surface area contributed by atoms with Gasteiger partial charge in [-0.25, -0.2) is 0 Å². The van der Waals surface area contributed by atoms with Crippen molar-refractivity contribution in [1.29, 1.82) is 0 Å². The van der Waals surface area contributed by atoms with Crippen LogP contribution in [-0.2, 0) is 6.42 Å². The molecule has 0 aromatic heterocycles. The third-order valence-electron chi connectivity index (χ3n) is 5.50. The number of aliphatic hydroxyl groups is 1. The van der Waals surface area contributed by atoms with E-state index in [2.05, 4.69) is 63.2 Å². The van der Waals surface area contributed by atoms with E-state index >= 15 is 0 Å². The van der Waals surface area contributed by atoms with Gasteiger partial charge in [0.05, 0.1) is 12.7 Å². The van der Waals surface area contributed by atoms with Crippen LogP contribution < -0.4 is 4.74 Å². The Labute approximate surface area is 170 Å². The van der Waals surface area contributed by atoms with E-state index in [0.717, 1.165) is 42.7 Å². The molecule has 0 aliphatic carbocycles. The van der Waals surface area contributed by atoms with Gasteiger partial charge in [0.25, 0.3) is 0 Å². The lowest BCUT2D eigenvalue weighted by Gasteiger charge is -2.37. The molecule has 152 valence electrons. The SMILES string of the molecule is COc1ccc(/C=C(/C)C(O)(CCCc2ccccc2)C(C)CN(C)C)cc1. The van der Waals surface area contributed by atoms with E-state index in [9.17, 15) is 5.11 Å². The number of aryl methyl sites for hydroxylation is 1. The normalized spacial score (nSPS) is 15.3. The zero-order valence-electron chi connectivity index (χ0n) is 18.0. The number of hydrogen-bond donors (Lipinski definition) is 1. The van der Waals surface area contributed by atoms with Crippen molar-refractivity contribution in [1.82, 2.24) is 4.90 Å². The van der Waals surface area contributed by atoms with Crippen LogP contribution in [0.2, 0.25) is 0 Å². The highest BCUT2D eigenvalue weighted by molar-refractivity contribution is 5.55. The predicted octanol–water partition coefficient (Wildman–Crippen LogP) is 5.05. The highest BCUT2D eigenvalue weighted by atomic mass is 16.5. The summed E-state index contributed by atoms with van der Waals surface area (Å²) in [5, 5.41) is 11.7. The van der Waals surface area contributed by atoms with Gasteiger partial charge >= 0.3 is 0 Å². The van der Waals surface area contributed by atoms with Crippen molar-refractivity contribution in [3.8, 4) is 5.75 Å². The molecule has 0 spiro atoms. The molecule has 0 aliphatic rings. The zero-order valence-corrected chi connectivity index (χ0v) is 18.0. The number of ether oxygens (including phenoxy) is 1. The van der Waals surface area contributed by atoms with Crippen LogP contribution >= 0.6 is 0 Å². The average molecular weight is 382 g/mol. The second kappa shape index (κ2) is 10.4. The van der Waals surface area contributed by atoms with E-state index in [1.54, 1.807) is 7.11 Å². The molecule has 1 N–H and O–H groups in total. The van der Waals surface area contributed by atoms with Crippen molar-refractivity contribution >= 4 is 6.08 Å². The fraction of sp³-hybridized carbons (Fsp3) is 0.440. The summed E-state index contributed by atoms with van der Waals surface area (Å²) >= 11 is 0.